The highest BCUT2D eigenvalue weighted by Crippen LogP contribution is 2.44. The third kappa shape index (κ3) is 4.19. The Hall–Kier alpha value is -4.31. The number of hydrogen-bond donors (Lipinski definition) is 2. The second-order valence-electron chi connectivity index (χ2n) is 6.94. The highest BCUT2D eigenvalue weighted by Gasteiger charge is 2.28. The maximum atomic E-state index is 12.1. The lowest BCUT2D eigenvalue weighted by atomic mass is 9.98. The van der Waals surface area contributed by atoms with Crippen molar-refractivity contribution in [1.82, 2.24) is 5.32 Å². The SMILES string of the molecule is O=C(NCC#Cc1ccc(O)c([N+](=O)[O-])c1)OCC1c2ccccc2-c2ccccc21. The molecule has 0 unspecified atom stereocenters. The van der Waals surface area contributed by atoms with E-state index in [4.69, 9.17) is 4.74 Å². The topological polar surface area (TPSA) is 102 Å². The van der Waals surface area contributed by atoms with E-state index >= 15 is 0 Å². The molecular formula is C24H18N2O5. The van der Waals surface area contributed by atoms with E-state index in [0.29, 0.717) is 5.56 Å². The number of rotatable bonds is 4. The van der Waals surface area contributed by atoms with Crippen LogP contribution in [-0.2, 0) is 4.74 Å². The van der Waals surface area contributed by atoms with Crippen molar-refractivity contribution in [3.63, 3.8) is 0 Å². The van der Waals surface area contributed by atoms with Crippen LogP contribution in [0.2, 0.25) is 0 Å². The number of phenols is 1. The van der Waals surface area contributed by atoms with Gasteiger partial charge in [0.05, 0.1) is 11.5 Å². The Morgan fingerprint density at radius 2 is 1.71 bits per heavy atom. The molecule has 7 nitrogen and oxygen atoms in total. The third-order valence-electron chi connectivity index (χ3n) is 5.07. The largest absolute Gasteiger partial charge is 0.502 e. The normalized spacial score (nSPS) is 11.6. The minimum absolute atomic E-state index is 0.0192. The molecule has 0 radical (unpaired) electrons. The summed E-state index contributed by atoms with van der Waals surface area (Å²) >= 11 is 0. The second-order valence-corrected chi connectivity index (χ2v) is 6.94. The van der Waals surface area contributed by atoms with Crippen molar-refractivity contribution in [1.29, 1.82) is 0 Å². The summed E-state index contributed by atoms with van der Waals surface area (Å²) in [7, 11) is 0. The molecule has 0 spiro atoms. The summed E-state index contributed by atoms with van der Waals surface area (Å²) in [6.07, 6.45) is -0.590. The Labute approximate surface area is 178 Å². The fourth-order valence-corrected chi connectivity index (χ4v) is 3.66. The van der Waals surface area contributed by atoms with E-state index in [1.54, 1.807) is 0 Å². The average molecular weight is 414 g/mol. The molecule has 0 bridgehead atoms. The van der Waals surface area contributed by atoms with Crippen LogP contribution in [0.5, 0.6) is 5.75 Å². The number of benzene rings is 3. The van der Waals surface area contributed by atoms with Crippen molar-refractivity contribution in [2.24, 2.45) is 0 Å². The Kier molecular flexibility index (Phi) is 5.54. The number of phenolic OH excluding ortho intramolecular Hbond substituents is 1. The Morgan fingerprint density at radius 1 is 1.06 bits per heavy atom. The Balaban J connectivity index is 1.35. The lowest BCUT2D eigenvalue weighted by molar-refractivity contribution is -0.385. The summed E-state index contributed by atoms with van der Waals surface area (Å²) in [6, 6.07) is 20.0. The van der Waals surface area contributed by atoms with Crippen molar-refractivity contribution < 1.29 is 19.6 Å². The van der Waals surface area contributed by atoms with Crippen molar-refractivity contribution >= 4 is 11.8 Å². The van der Waals surface area contributed by atoms with E-state index in [2.05, 4.69) is 29.3 Å². The highest BCUT2D eigenvalue weighted by molar-refractivity contribution is 5.79. The maximum Gasteiger partial charge on any atom is 0.407 e. The minimum atomic E-state index is -0.685. The molecule has 7 heteroatoms. The van der Waals surface area contributed by atoms with Gasteiger partial charge in [-0.25, -0.2) is 4.79 Å². The molecule has 4 rings (SSSR count). The molecule has 3 aromatic rings. The van der Waals surface area contributed by atoms with Gasteiger partial charge < -0.3 is 15.2 Å². The molecule has 2 N–H and O–H groups in total. The van der Waals surface area contributed by atoms with Crippen LogP contribution in [-0.4, -0.2) is 29.3 Å². The van der Waals surface area contributed by atoms with Gasteiger partial charge in [-0.1, -0.05) is 60.4 Å². The van der Waals surface area contributed by atoms with Gasteiger partial charge in [0, 0.05) is 17.5 Å². The van der Waals surface area contributed by atoms with E-state index in [9.17, 15) is 20.0 Å². The maximum absolute atomic E-state index is 12.1. The number of amides is 1. The van der Waals surface area contributed by atoms with Crippen LogP contribution in [0.15, 0.2) is 66.7 Å². The molecular weight excluding hydrogens is 396 g/mol. The first-order valence-electron chi connectivity index (χ1n) is 9.59. The molecule has 154 valence electrons. The average Bonchev–Trinajstić information content (AvgIpc) is 3.10. The monoisotopic (exact) mass is 414 g/mol. The van der Waals surface area contributed by atoms with Gasteiger partial charge in [0.25, 0.3) is 0 Å². The highest BCUT2D eigenvalue weighted by atomic mass is 16.6. The van der Waals surface area contributed by atoms with Crippen molar-refractivity contribution in [2.45, 2.75) is 5.92 Å². The summed E-state index contributed by atoms with van der Waals surface area (Å²) in [5.41, 5.74) is 4.51. The number of nitrogens with one attached hydrogen (secondary N) is 1. The van der Waals surface area contributed by atoms with Gasteiger partial charge in [-0.3, -0.25) is 10.1 Å². The van der Waals surface area contributed by atoms with E-state index in [1.165, 1.54) is 18.2 Å². The van der Waals surface area contributed by atoms with Crippen LogP contribution in [0, 0.1) is 22.0 Å². The summed E-state index contributed by atoms with van der Waals surface area (Å²) in [4.78, 5) is 22.3. The first-order chi connectivity index (χ1) is 15.0. The van der Waals surface area contributed by atoms with Gasteiger partial charge in [0.1, 0.15) is 6.61 Å². The molecule has 0 fully saturated rings. The zero-order valence-electron chi connectivity index (χ0n) is 16.4. The molecule has 31 heavy (non-hydrogen) atoms. The van der Waals surface area contributed by atoms with Gasteiger partial charge in [-0.15, -0.1) is 0 Å². The quantitative estimate of drug-likeness (QED) is 0.379. The number of alkyl carbamates (subject to hydrolysis) is 1. The Bertz CT molecular complexity index is 1180. The lowest BCUT2D eigenvalue weighted by Gasteiger charge is -2.14. The molecule has 0 heterocycles. The fourth-order valence-electron chi connectivity index (χ4n) is 3.66. The molecule has 0 saturated heterocycles. The zero-order valence-corrected chi connectivity index (χ0v) is 16.4. The number of carbonyl (C=O) groups is 1. The smallest absolute Gasteiger partial charge is 0.407 e. The molecule has 3 aromatic carbocycles. The van der Waals surface area contributed by atoms with Crippen molar-refractivity contribution in [2.75, 3.05) is 13.2 Å². The third-order valence-corrected chi connectivity index (χ3v) is 5.07. The number of hydrogen-bond acceptors (Lipinski definition) is 5. The summed E-state index contributed by atoms with van der Waals surface area (Å²) < 4.78 is 5.42. The fraction of sp³-hybridized carbons (Fsp3) is 0.125. The van der Waals surface area contributed by atoms with Crippen molar-refractivity contribution in [3.8, 4) is 28.7 Å². The predicted molar refractivity (Wildman–Crippen MR) is 115 cm³/mol. The Morgan fingerprint density at radius 3 is 2.35 bits per heavy atom. The second kappa shape index (κ2) is 8.59. The first-order valence-corrected chi connectivity index (χ1v) is 9.59. The van der Waals surface area contributed by atoms with Gasteiger partial charge in [0.2, 0.25) is 0 Å². The number of fused-ring (bicyclic) bond motifs is 3. The van der Waals surface area contributed by atoms with Crippen LogP contribution in [0.25, 0.3) is 11.1 Å². The lowest BCUT2D eigenvalue weighted by Crippen LogP contribution is -2.26. The standard InChI is InChI=1S/C24H18N2O5/c27-23-12-11-16(14-22(23)26(29)30)6-5-13-25-24(28)31-15-21-19-9-3-1-7-17(19)18-8-2-4-10-20(18)21/h1-4,7-12,14,21,27H,13,15H2,(H,25,28). The molecule has 1 amide bonds. The summed E-state index contributed by atoms with van der Waals surface area (Å²) in [5, 5.41) is 22.9. The molecule has 0 aromatic heterocycles. The van der Waals surface area contributed by atoms with E-state index in [1.807, 2.05) is 36.4 Å². The van der Waals surface area contributed by atoms with Crippen LogP contribution in [0.3, 0.4) is 0 Å². The first kappa shape index (κ1) is 20.0. The summed E-state index contributed by atoms with van der Waals surface area (Å²) in [5.74, 6) is 4.97. The zero-order chi connectivity index (χ0) is 21.8. The number of ether oxygens (including phenoxy) is 1. The van der Waals surface area contributed by atoms with E-state index in [-0.39, 0.29) is 19.1 Å². The van der Waals surface area contributed by atoms with Crippen LogP contribution >= 0.6 is 0 Å². The molecule has 0 aliphatic heterocycles. The van der Waals surface area contributed by atoms with Crippen molar-refractivity contribution in [3.05, 3.63) is 93.5 Å². The molecule has 0 atom stereocenters. The van der Waals surface area contributed by atoms with Gasteiger partial charge in [-0.05, 0) is 34.4 Å². The minimum Gasteiger partial charge on any atom is -0.502 e. The van der Waals surface area contributed by atoms with Crippen LogP contribution < -0.4 is 5.32 Å². The molecule has 1 aliphatic rings. The molecule has 1 aliphatic carbocycles. The van der Waals surface area contributed by atoms with E-state index < -0.39 is 22.5 Å². The van der Waals surface area contributed by atoms with Crippen LogP contribution in [0.1, 0.15) is 22.6 Å². The van der Waals surface area contributed by atoms with Gasteiger partial charge in [-0.2, -0.15) is 0 Å². The number of nitrogens with zero attached hydrogens (tertiary/aromatic N) is 1. The number of nitro benzene ring substituents is 1. The van der Waals surface area contributed by atoms with Crippen LogP contribution in [0.4, 0.5) is 10.5 Å². The van der Waals surface area contributed by atoms with E-state index in [0.717, 1.165) is 22.3 Å². The number of nitro groups is 1. The number of aromatic hydroxyl groups is 1. The van der Waals surface area contributed by atoms with Gasteiger partial charge in [0.15, 0.2) is 5.75 Å². The summed E-state index contributed by atoms with van der Waals surface area (Å²) in [6.45, 7) is 0.225. The number of carbonyl (C=O) groups excluding carboxylic acids is 1. The van der Waals surface area contributed by atoms with Gasteiger partial charge >= 0.3 is 11.8 Å². The predicted octanol–water partition coefficient (Wildman–Crippen LogP) is 4.19. The molecule has 0 saturated carbocycles.